The van der Waals surface area contributed by atoms with Crippen LogP contribution < -0.4 is 10.6 Å². The number of hydrogen-bond donors (Lipinski definition) is 2. The van der Waals surface area contributed by atoms with Crippen molar-refractivity contribution in [3.05, 3.63) is 48.0 Å². The number of rotatable bonds is 6. The molecule has 6 nitrogen and oxygen atoms in total. The summed E-state index contributed by atoms with van der Waals surface area (Å²) in [5, 5.41) is 9.47. The fourth-order valence-corrected chi connectivity index (χ4v) is 3.68. The molecule has 0 aliphatic carbocycles. The number of benzene rings is 2. The summed E-state index contributed by atoms with van der Waals surface area (Å²) < 4.78 is 0. The minimum Gasteiger partial charge on any atom is -0.357 e. The van der Waals surface area contributed by atoms with Gasteiger partial charge in [0.05, 0.1) is 13.1 Å². The van der Waals surface area contributed by atoms with Gasteiger partial charge in [0.1, 0.15) is 0 Å². The van der Waals surface area contributed by atoms with Crippen molar-refractivity contribution in [2.24, 2.45) is 4.99 Å². The van der Waals surface area contributed by atoms with E-state index in [4.69, 9.17) is 4.99 Å². The largest absolute Gasteiger partial charge is 0.357 e. The van der Waals surface area contributed by atoms with E-state index < -0.39 is 0 Å². The first-order valence-electron chi connectivity index (χ1n) is 10.5. The lowest BCUT2D eigenvalue weighted by molar-refractivity contribution is -0.130. The first kappa shape index (κ1) is 24.4. The van der Waals surface area contributed by atoms with Gasteiger partial charge in [-0.15, -0.1) is 24.0 Å². The van der Waals surface area contributed by atoms with E-state index in [1.807, 2.05) is 14.1 Å². The van der Waals surface area contributed by atoms with Crippen LogP contribution in [0.4, 0.5) is 0 Å². The first-order valence-corrected chi connectivity index (χ1v) is 10.5. The van der Waals surface area contributed by atoms with Crippen molar-refractivity contribution in [2.45, 2.75) is 32.4 Å². The number of piperidine rings is 1. The van der Waals surface area contributed by atoms with Crippen LogP contribution in [0.3, 0.4) is 0 Å². The molecular weight excluding hydrogens is 489 g/mol. The Hall–Kier alpha value is -1.87. The molecule has 1 aliphatic heterocycles. The second kappa shape index (κ2) is 12.1. The van der Waals surface area contributed by atoms with Gasteiger partial charge in [-0.1, -0.05) is 42.5 Å². The van der Waals surface area contributed by atoms with Crippen molar-refractivity contribution in [1.82, 2.24) is 20.4 Å². The normalized spacial score (nSPS) is 15.5. The standard InChI is InChI=1S/C23H33N5O.HI/c1-4-24-23(25-16-19-10-7-9-18-8-5-6-11-21(18)19)26-20-12-14-28(15-13-20)17-22(29)27(2)3;/h5-11,20H,4,12-17H2,1-3H3,(H2,24,25,26);1H. The van der Waals surface area contributed by atoms with Crippen LogP contribution in [0.15, 0.2) is 47.5 Å². The molecule has 0 spiro atoms. The van der Waals surface area contributed by atoms with Gasteiger partial charge in [0.15, 0.2) is 5.96 Å². The molecule has 2 N–H and O–H groups in total. The number of aliphatic imine (C=N–C) groups is 1. The Morgan fingerprint density at radius 2 is 1.83 bits per heavy atom. The Morgan fingerprint density at radius 1 is 1.13 bits per heavy atom. The van der Waals surface area contributed by atoms with Gasteiger partial charge in [-0.05, 0) is 36.1 Å². The third-order valence-electron chi connectivity index (χ3n) is 5.42. The van der Waals surface area contributed by atoms with Gasteiger partial charge >= 0.3 is 0 Å². The third kappa shape index (κ3) is 6.84. The fraction of sp³-hybridized carbons (Fsp3) is 0.478. The van der Waals surface area contributed by atoms with Gasteiger partial charge < -0.3 is 15.5 Å². The number of likely N-dealkylation sites (tertiary alicyclic amines) is 1. The number of likely N-dealkylation sites (N-methyl/N-ethyl adjacent to an activating group) is 1. The molecule has 2 aromatic rings. The quantitative estimate of drug-likeness (QED) is 0.347. The Kier molecular flexibility index (Phi) is 9.84. The van der Waals surface area contributed by atoms with Gasteiger partial charge in [0.25, 0.3) is 0 Å². The van der Waals surface area contributed by atoms with Gasteiger partial charge in [-0.25, -0.2) is 4.99 Å². The number of guanidine groups is 1. The minimum absolute atomic E-state index is 0. The van der Waals surface area contributed by atoms with Gasteiger partial charge in [0, 0.05) is 39.8 Å². The number of carbonyl (C=O) groups is 1. The summed E-state index contributed by atoms with van der Waals surface area (Å²) in [4.78, 5) is 20.6. The van der Waals surface area contributed by atoms with Crippen molar-refractivity contribution in [1.29, 1.82) is 0 Å². The van der Waals surface area contributed by atoms with Gasteiger partial charge in [-0.2, -0.15) is 0 Å². The minimum atomic E-state index is 0. The van der Waals surface area contributed by atoms with E-state index in [9.17, 15) is 4.79 Å². The zero-order valence-electron chi connectivity index (χ0n) is 18.2. The molecule has 0 atom stereocenters. The van der Waals surface area contributed by atoms with Gasteiger partial charge in [-0.3, -0.25) is 9.69 Å². The lowest BCUT2D eigenvalue weighted by Gasteiger charge is -2.33. The number of carbonyl (C=O) groups excluding carboxylic acids is 1. The van der Waals surface area contributed by atoms with E-state index in [1.54, 1.807) is 4.90 Å². The zero-order valence-corrected chi connectivity index (χ0v) is 20.6. The fourth-order valence-electron chi connectivity index (χ4n) is 3.68. The number of nitrogens with one attached hydrogen (secondary N) is 2. The molecule has 1 amide bonds. The maximum absolute atomic E-state index is 11.9. The monoisotopic (exact) mass is 523 g/mol. The second-order valence-corrected chi connectivity index (χ2v) is 7.82. The molecule has 0 unspecified atom stereocenters. The van der Waals surface area contributed by atoms with E-state index in [2.05, 4.69) is 64.9 Å². The summed E-state index contributed by atoms with van der Waals surface area (Å²) in [6, 6.07) is 15.2. The molecule has 1 fully saturated rings. The molecule has 0 bridgehead atoms. The predicted octanol–water partition coefficient (Wildman–Crippen LogP) is 3.07. The maximum atomic E-state index is 11.9. The number of nitrogens with zero attached hydrogens (tertiary/aromatic N) is 3. The summed E-state index contributed by atoms with van der Waals surface area (Å²) in [7, 11) is 3.62. The molecule has 0 radical (unpaired) electrons. The SMILES string of the molecule is CCNC(=NCc1cccc2ccccc12)NC1CCN(CC(=O)N(C)C)CC1.I. The van der Waals surface area contributed by atoms with Crippen LogP contribution in [-0.4, -0.2) is 68.0 Å². The first-order chi connectivity index (χ1) is 14.1. The van der Waals surface area contributed by atoms with E-state index in [0.29, 0.717) is 19.1 Å². The van der Waals surface area contributed by atoms with E-state index >= 15 is 0 Å². The predicted molar refractivity (Wildman–Crippen MR) is 135 cm³/mol. The maximum Gasteiger partial charge on any atom is 0.236 e. The highest BCUT2D eigenvalue weighted by atomic mass is 127. The number of fused-ring (bicyclic) bond motifs is 1. The third-order valence-corrected chi connectivity index (χ3v) is 5.42. The summed E-state index contributed by atoms with van der Waals surface area (Å²) >= 11 is 0. The molecule has 0 aromatic heterocycles. The summed E-state index contributed by atoms with van der Waals surface area (Å²) in [5.74, 6) is 1.03. The number of amides is 1. The molecule has 0 saturated carbocycles. The second-order valence-electron chi connectivity index (χ2n) is 7.82. The van der Waals surface area contributed by atoms with Crippen LogP contribution in [0.1, 0.15) is 25.3 Å². The summed E-state index contributed by atoms with van der Waals surface area (Å²) in [6.45, 7) is 5.93. The smallest absolute Gasteiger partial charge is 0.236 e. The van der Waals surface area contributed by atoms with Crippen LogP contribution in [0, 0.1) is 0 Å². The summed E-state index contributed by atoms with van der Waals surface area (Å²) in [6.07, 6.45) is 2.03. The lowest BCUT2D eigenvalue weighted by Crippen LogP contribution is -2.50. The van der Waals surface area contributed by atoms with Crippen molar-refractivity contribution in [3.63, 3.8) is 0 Å². The highest BCUT2D eigenvalue weighted by Crippen LogP contribution is 2.19. The Labute approximate surface area is 197 Å². The Morgan fingerprint density at radius 3 is 2.53 bits per heavy atom. The molecule has 7 heteroatoms. The van der Waals surface area contributed by atoms with Gasteiger partial charge in [0.2, 0.25) is 5.91 Å². The van der Waals surface area contributed by atoms with Crippen molar-refractivity contribution in [3.8, 4) is 0 Å². The average molecular weight is 523 g/mol. The molecule has 1 heterocycles. The molecular formula is C23H34IN5O. The van der Waals surface area contributed by atoms with E-state index in [-0.39, 0.29) is 29.9 Å². The Bertz CT molecular complexity index is 841. The number of halogens is 1. The van der Waals surface area contributed by atoms with E-state index in [0.717, 1.165) is 38.4 Å². The molecule has 1 aliphatic rings. The van der Waals surface area contributed by atoms with E-state index in [1.165, 1.54) is 16.3 Å². The van der Waals surface area contributed by atoms with Crippen LogP contribution in [0.5, 0.6) is 0 Å². The topological polar surface area (TPSA) is 60.0 Å². The average Bonchev–Trinajstić information content (AvgIpc) is 2.73. The highest BCUT2D eigenvalue weighted by molar-refractivity contribution is 14.0. The zero-order chi connectivity index (χ0) is 20.6. The molecule has 2 aromatic carbocycles. The Balaban J connectivity index is 0.00000320. The molecule has 1 saturated heterocycles. The molecule has 30 heavy (non-hydrogen) atoms. The van der Waals surface area contributed by atoms with Crippen molar-refractivity contribution >= 4 is 46.6 Å². The molecule has 3 rings (SSSR count). The van der Waals surface area contributed by atoms with Crippen molar-refractivity contribution < 1.29 is 4.79 Å². The van der Waals surface area contributed by atoms with Crippen LogP contribution >= 0.6 is 24.0 Å². The van der Waals surface area contributed by atoms with Crippen LogP contribution in [0.25, 0.3) is 10.8 Å². The molecule has 164 valence electrons. The lowest BCUT2D eigenvalue weighted by atomic mass is 10.0. The van der Waals surface area contributed by atoms with Crippen LogP contribution in [-0.2, 0) is 11.3 Å². The number of hydrogen-bond acceptors (Lipinski definition) is 3. The van der Waals surface area contributed by atoms with Crippen molar-refractivity contribution in [2.75, 3.05) is 40.3 Å². The highest BCUT2D eigenvalue weighted by Gasteiger charge is 2.22. The van der Waals surface area contributed by atoms with Crippen LogP contribution in [0.2, 0.25) is 0 Å². The summed E-state index contributed by atoms with van der Waals surface area (Å²) in [5.41, 5.74) is 1.23.